The third kappa shape index (κ3) is 3.97. The Balaban J connectivity index is 1.99. The lowest BCUT2D eigenvalue weighted by atomic mass is 10.0. The van der Waals surface area contributed by atoms with Gasteiger partial charge in [0, 0.05) is 37.2 Å². The molecule has 1 heterocycles. The van der Waals surface area contributed by atoms with Crippen LogP contribution in [0.2, 0.25) is 0 Å². The number of hydrogen-bond acceptors (Lipinski definition) is 3. The first-order chi connectivity index (χ1) is 10.2. The zero-order chi connectivity index (χ0) is 15.2. The van der Waals surface area contributed by atoms with Gasteiger partial charge in [-0.2, -0.15) is 0 Å². The molecule has 0 spiro atoms. The Bertz CT molecular complexity index is 476. The number of methoxy groups -OCH3 is 1. The molecule has 0 aromatic heterocycles. The van der Waals surface area contributed by atoms with Crippen LogP contribution in [0.15, 0.2) is 24.3 Å². The quantitative estimate of drug-likeness (QED) is 0.839. The van der Waals surface area contributed by atoms with Crippen molar-refractivity contribution in [2.45, 2.75) is 45.2 Å². The minimum Gasteiger partial charge on any atom is -0.496 e. The van der Waals surface area contributed by atoms with E-state index < -0.39 is 0 Å². The van der Waals surface area contributed by atoms with Gasteiger partial charge in [-0.3, -0.25) is 4.79 Å². The van der Waals surface area contributed by atoms with Crippen LogP contribution in [-0.4, -0.2) is 37.0 Å². The summed E-state index contributed by atoms with van der Waals surface area (Å²) in [6, 6.07) is 8.64. The Morgan fingerprint density at radius 2 is 2.14 bits per heavy atom. The number of rotatable bonds is 7. The van der Waals surface area contributed by atoms with E-state index in [-0.39, 0.29) is 18.0 Å². The van der Waals surface area contributed by atoms with Crippen molar-refractivity contribution in [1.29, 1.82) is 0 Å². The maximum absolute atomic E-state index is 11.7. The molecular formula is C17H26N2O2. The zero-order valence-electron chi connectivity index (χ0n) is 13.3. The fourth-order valence-corrected chi connectivity index (χ4v) is 3.01. The predicted octanol–water partition coefficient (Wildman–Crippen LogP) is 2.75. The summed E-state index contributed by atoms with van der Waals surface area (Å²) in [4.78, 5) is 13.7. The van der Waals surface area contributed by atoms with Crippen LogP contribution in [-0.2, 0) is 4.79 Å². The van der Waals surface area contributed by atoms with Crippen molar-refractivity contribution in [1.82, 2.24) is 10.2 Å². The molecule has 2 rings (SSSR count). The van der Waals surface area contributed by atoms with Crippen LogP contribution in [0.25, 0.3) is 0 Å². The van der Waals surface area contributed by atoms with E-state index in [0.717, 1.165) is 31.7 Å². The van der Waals surface area contributed by atoms with E-state index >= 15 is 0 Å². The van der Waals surface area contributed by atoms with Crippen molar-refractivity contribution in [3.05, 3.63) is 29.8 Å². The minimum absolute atomic E-state index is 0.244. The Morgan fingerprint density at radius 3 is 2.76 bits per heavy atom. The summed E-state index contributed by atoms with van der Waals surface area (Å²) in [6.07, 6.45) is 2.68. The van der Waals surface area contributed by atoms with Crippen molar-refractivity contribution in [3.8, 4) is 5.75 Å². The lowest BCUT2D eigenvalue weighted by Crippen LogP contribution is -2.41. The standard InChI is InChI=1S/C17H26N2O2/c1-4-15(14-8-5-6-9-16(14)21-3)18-13(2)12-19-11-7-10-17(19)20/h5-6,8-9,13,15,18H,4,7,10-12H2,1-3H3. The molecule has 116 valence electrons. The number of para-hydroxylation sites is 1. The molecule has 0 saturated carbocycles. The zero-order valence-corrected chi connectivity index (χ0v) is 13.3. The maximum Gasteiger partial charge on any atom is 0.222 e. The third-order valence-corrected chi connectivity index (χ3v) is 4.07. The van der Waals surface area contributed by atoms with E-state index in [1.807, 2.05) is 23.1 Å². The largest absolute Gasteiger partial charge is 0.496 e. The molecule has 4 heteroatoms. The molecular weight excluding hydrogens is 264 g/mol. The van der Waals surface area contributed by atoms with Crippen molar-refractivity contribution in [2.75, 3.05) is 20.2 Å². The minimum atomic E-state index is 0.244. The predicted molar refractivity (Wildman–Crippen MR) is 84.4 cm³/mol. The van der Waals surface area contributed by atoms with Gasteiger partial charge >= 0.3 is 0 Å². The van der Waals surface area contributed by atoms with Crippen molar-refractivity contribution in [3.63, 3.8) is 0 Å². The Labute approximate surface area is 127 Å². The lowest BCUT2D eigenvalue weighted by Gasteiger charge is -2.27. The number of hydrogen-bond donors (Lipinski definition) is 1. The summed E-state index contributed by atoms with van der Waals surface area (Å²) in [5, 5.41) is 3.63. The monoisotopic (exact) mass is 290 g/mol. The number of likely N-dealkylation sites (tertiary alicyclic amines) is 1. The normalized spacial score (nSPS) is 17.9. The van der Waals surface area contributed by atoms with Gasteiger partial charge in [-0.15, -0.1) is 0 Å². The van der Waals surface area contributed by atoms with Crippen LogP contribution in [0, 0.1) is 0 Å². The fourth-order valence-electron chi connectivity index (χ4n) is 3.01. The summed E-state index contributed by atoms with van der Waals surface area (Å²) in [5.74, 6) is 1.20. The highest BCUT2D eigenvalue weighted by Crippen LogP contribution is 2.27. The molecule has 1 amide bonds. The molecule has 2 unspecified atom stereocenters. The van der Waals surface area contributed by atoms with Gasteiger partial charge < -0.3 is 15.0 Å². The number of nitrogens with one attached hydrogen (secondary N) is 1. The number of amides is 1. The van der Waals surface area contributed by atoms with Crippen molar-refractivity contribution in [2.24, 2.45) is 0 Å². The van der Waals surface area contributed by atoms with Crippen LogP contribution >= 0.6 is 0 Å². The van der Waals surface area contributed by atoms with E-state index in [2.05, 4.69) is 25.2 Å². The summed E-state index contributed by atoms with van der Waals surface area (Å²) in [5.41, 5.74) is 1.18. The fraction of sp³-hybridized carbons (Fsp3) is 0.588. The first kappa shape index (κ1) is 15.8. The topological polar surface area (TPSA) is 41.6 Å². The molecule has 1 aliphatic rings. The molecule has 1 N–H and O–H groups in total. The summed E-state index contributed by atoms with van der Waals surface area (Å²) >= 11 is 0. The van der Waals surface area contributed by atoms with Gasteiger partial charge in [-0.05, 0) is 25.8 Å². The second-order valence-corrected chi connectivity index (χ2v) is 5.71. The summed E-state index contributed by atoms with van der Waals surface area (Å²) in [7, 11) is 1.71. The number of carbonyl (C=O) groups is 1. The van der Waals surface area contributed by atoms with Gasteiger partial charge in [0.15, 0.2) is 0 Å². The molecule has 0 bridgehead atoms. The Kier molecular flexibility index (Phi) is 5.62. The number of ether oxygens (including phenoxy) is 1. The third-order valence-electron chi connectivity index (χ3n) is 4.07. The van der Waals surface area contributed by atoms with Crippen LogP contribution in [0.3, 0.4) is 0 Å². The number of carbonyl (C=O) groups excluding carboxylic acids is 1. The first-order valence-corrected chi connectivity index (χ1v) is 7.82. The molecule has 4 nitrogen and oxygen atoms in total. The number of nitrogens with zero attached hydrogens (tertiary/aromatic N) is 1. The highest BCUT2D eigenvalue weighted by atomic mass is 16.5. The second kappa shape index (κ2) is 7.46. The molecule has 1 fully saturated rings. The van der Waals surface area contributed by atoms with Crippen LogP contribution in [0.5, 0.6) is 5.75 Å². The molecule has 1 aromatic carbocycles. The second-order valence-electron chi connectivity index (χ2n) is 5.71. The van der Waals surface area contributed by atoms with Gasteiger partial charge in [-0.25, -0.2) is 0 Å². The Hall–Kier alpha value is -1.55. The van der Waals surface area contributed by atoms with Gasteiger partial charge in [0.1, 0.15) is 5.75 Å². The van der Waals surface area contributed by atoms with E-state index in [4.69, 9.17) is 4.74 Å². The maximum atomic E-state index is 11.7. The smallest absolute Gasteiger partial charge is 0.222 e. The molecule has 0 radical (unpaired) electrons. The first-order valence-electron chi connectivity index (χ1n) is 7.82. The highest BCUT2D eigenvalue weighted by molar-refractivity contribution is 5.78. The summed E-state index contributed by atoms with van der Waals surface area (Å²) in [6.45, 7) is 5.99. The van der Waals surface area contributed by atoms with Crippen molar-refractivity contribution < 1.29 is 9.53 Å². The molecule has 21 heavy (non-hydrogen) atoms. The van der Waals surface area contributed by atoms with Crippen LogP contribution in [0.1, 0.15) is 44.7 Å². The van der Waals surface area contributed by atoms with Crippen LogP contribution in [0.4, 0.5) is 0 Å². The summed E-state index contributed by atoms with van der Waals surface area (Å²) < 4.78 is 5.46. The molecule has 2 atom stereocenters. The van der Waals surface area contributed by atoms with Gasteiger partial charge in [0.05, 0.1) is 7.11 Å². The average Bonchev–Trinajstić information content (AvgIpc) is 2.90. The number of benzene rings is 1. The molecule has 1 aliphatic heterocycles. The van der Waals surface area contributed by atoms with E-state index in [9.17, 15) is 4.79 Å². The van der Waals surface area contributed by atoms with Crippen molar-refractivity contribution >= 4 is 5.91 Å². The SMILES string of the molecule is CCC(NC(C)CN1CCCC1=O)c1ccccc1OC. The average molecular weight is 290 g/mol. The van der Waals surface area contributed by atoms with E-state index in [0.29, 0.717) is 6.42 Å². The van der Waals surface area contributed by atoms with Gasteiger partial charge in [0.2, 0.25) is 5.91 Å². The highest BCUT2D eigenvalue weighted by Gasteiger charge is 2.23. The lowest BCUT2D eigenvalue weighted by molar-refractivity contribution is -0.127. The van der Waals surface area contributed by atoms with E-state index in [1.165, 1.54) is 5.56 Å². The molecule has 1 saturated heterocycles. The molecule has 1 aromatic rings. The van der Waals surface area contributed by atoms with E-state index in [1.54, 1.807) is 7.11 Å². The Morgan fingerprint density at radius 1 is 1.38 bits per heavy atom. The van der Waals surface area contributed by atoms with Gasteiger partial charge in [0.25, 0.3) is 0 Å². The van der Waals surface area contributed by atoms with Gasteiger partial charge in [-0.1, -0.05) is 25.1 Å². The molecule has 0 aliphatic carbocycles. The van der Waals surface area contributed by atoms with Crippen LogP contribution < -0.4 is 10.1 Å².